The second-order valence-electron chi connectivity index (χ2n) is 4.21. The largest absolute Gasteiger partial charge is 0.494 e. The van der Waals surface area contributed by atoms with Crippen LogP contribution in [0, 0.1) is 6.92 Å². The summed E-state index contributed by atoms with van der Waals surface area (Å²) in [5, 5.41) is 5.48. The Morgan fingerprint density at radius 1 is 1.33 bits per heavy atom. The third-order valence-electron chi connectivity index (χ3n) is 2.89. The summed E-state index contributed by atoms with van der Waals surface area (Å²) in [7, 11) is 1.99. The number of benzene rings is 1. The molecule has 1 aromatic carbocycles. The van der Waals surface area contributed by atoms with E-state index in [0.717, 1.165) is 5.75 Å². The highest BCUT2D eigenvalue weighted by atomic mass is 32.1. The Bertz CT molecular complexity index is 493. The Labute approximate surface area is 113 Å². The van der Waals surface area contributed by atoms with Crippen LogP contribution in [0.25, 0.3) is 0 Å². The molecule has 0 aliphatic carbocycles. The van der Waals surface area contributed by atoms with Crippen LogP contribution in [0.2, 0.25) is 0 Å². The summed E-state index contributed by atoms with van der Waals surface area (Å²) in [6.45, 7) is 4.82. The maximum absolute atomic E-state index is 5.74. The predicted octanol–water partition coefficient (Wildman–Crippen LogP) is 3.76. The monoisotopic (exact) mass is 261 g/mol. The third kappa shape index (κ3) is 2.74. The van der Waals surface area contributed by atoms with Gasteiger partial charge >= 0.3 is 0 Å². The van der Waals surface area contributed by atoms with Gasteiger partial charge in [-0.1, -0.05) is 23.8 Å². The summed E-state index contributed by atoms with van der Waals surface area (Å²) in [6.07, 6.45) is 0. The van der Waals surface area contributed by atoms with E-state index in [1.54, 1.807) is 11.3 Å². The number of thiophene rings is 1. The van der Waals surface area contributed by atoms with E-state index in [4.69, 9.17) is 4.74 Å². The first kappa shape index (κ1) is 13.1. The fourth-order valence-electron chi connectivity index (χ4n) is 2.09. The lowest BCUT2D eigenvalue weighted by Crippen LogP contribution is -2.17. The van der Waals surface area contributed by atoms with Gasteiger partial charge in [-0.05, 0) is 38.4 Å². The van der Waals surface area contributed by atoms with Gasteiger partial charge < -0.3 is 10.1 Å². The van der Waals surface area contributed by atoms with Gasteiger partial charge in [0.15, 0.2) is 0 Å². The fraction of sp³-hybridized carbons (Fsp3) is 0.333. The molecule has 2 nitrogen and oxygen atoms in total. The van der Waals surface area contributed by atoms with Crippen molar-refractivity contribution in [3.63, 3.8) is 0 Å². The van der Waals surface area contributed by atoms with Gasteiger partial charge in [-0.3, -0.25) is 0 Å². The summed E-state index contributed by atoms with van der Waals surface area (Å²) < 4.78 is 5.74. The molecule has 3 heteroatoms. The summed E-state index contributed by atoms with van der Waals surface area (Å²) in [4.78, 5) is 1.31. The van der Waals surface area contributed by atoms with Gasteiger partial charge in [0.05, 0.1) is 12.6 Å². The minimum absolute atomic E-state index is 0.200. The maximum Gasteiger partial charge on any atom is 0.124 e. The lowest BCUT2D eigenvalue weighted by Gasteiger charge is -2.19. The molecule has 2 rings (SSSR count). The Morgan fingerprint density at radius 2 is 2.17 bits per heavy atom. The normalized spacial score (nSPS) is 12.4. The smallest absolute Gasteiger partial charge is 0.124 e. The zero-order valence-corrected chi connectivity index (χ0v) is 11.9. The molecular formula is C15H19NOS. The summed E-state index contributed by atoms with van der Waals surface area (Å²) in [5.41, 5.74) is 2.46. The Hall–Kier alpha value is -1.32. The van der Waals surface area contributed by atoms with Crippen molar-refractivity contribution < 1.29 is 4.74 Å². The van der Waals surface area contributed by atoms with E-state index in [0.29, 0.717) is 6.61 Å². The van der Waals surface area contributed by atoms with Crippen LogP contribution in [0.1, 0.15) is 29.0 Å². The average Bonchev–Trinajstić information content (AvgIpc) is 2.87. The number of aryl methyl sites for hydroxylation is 1. The fourth-order valence-corrected chi connectivity index (χ4v) is 2.94. The molecule has 1 atom stereocenters. The Kier molecular flexibility index (Phi) is 4.39. The van der Waals surface area contributed by atoms with Crippen molar-refractivity contribution in [2.45, 2.75) is 19.9 Å². The summed E-state index contributed by atoms with van der Waals surface area (Å²) >= 11 is 1.77. The number of hydrogen-bond donors (Lipinski definition) is 1. The Balaban J connectivity index is 2.43. The molecular weight excluding hydrogens is 242 g/mol. The van der Waals surface area contributed by atoms with Crippen molar-refractivity contribution in [2.24, 2.45) is 0 Å². The van der Waals surface area contributed by atoms with E-state index in [2.05, 4.69) is 48.0 Å². The van der Waals surface area contributed by atoms with E-state index >= 15 is 0 Å². The molecule has 1 heterocycles. The van der Waals surface area contributed by atoms with Crippen LogP contribution in [-0.4, -0.2) is 13.7 Å². The minimum atomic E-state index is 0.200. The molecule has 0 aliphatic rings. The topological polar surface area (TPSA) is 21.3 Å². The first-order valence-corrected chi connectivity index (χ1v) is 7.08. The number of rotatable bonds is 5. The van der Waals surface area contributed by atoms with Gasteiger partial charge in [0.1, 0.15) is 5.75 Å². The van der Waals surface area contributed by atoms with Crippen molar-refractivity contribution in [1.29, 1.82) is 0 Å². The maximum atomic E-state index is 5.74. The van der Waals surface area contributed by atoms with Gasteiger partial charge in [0.2, 0.25) is 0 Å². The van der Waals surface area contributed by atoms with Crippen LogP contribution in [0.5, 0.6) is 5.75 Å². The second-order valence-corrected chi connectivity index (χ2v) is 5.19. The molecule has 0 fully saturated rings. The zero-order chi connectivity index (χ0) is 13.0. The minimum Gasteiger partial charge on any atom is -0.494 e. The van der Waals surface area contributed by atoms with Crippen molar-refractivity contribution in [2.75, 3.05) is 13.7 Å². The van der Waals surface area contributed by atoms with Gasteiger partial charge in [-0.2, -0.15) is 0 Å². The molecule has 0 amide bonds. The van der Waals surface area contributed by atoms with E-state index in [1.165, 1.54) is 16.0 Å². The van der Waals surface area contributed by atoms with Crippen molar-refractivity contribution >= 4 is 11.3 Å². The van der Waals surface area contributed by atoms with E-state index in [1.807, 2.05) is 14.0 Å². The molecule has 96 valence electrons. The van der Waals surface area contributed by atoms with Gasteiger partial charge in [0.25, 0.3) is 0 Å². The highest BCUT2D eigenvalue weighted by Crippen LogP contribution is 2.32. The molecule has 0 saturated heterocycles. The summed E-state index contributed by atoms with van der Waals surface area (Å²) in [6, 6.07) is 10.8. The number of ether oxygens (including phenoxy) is 1. The van der Waals surface area contributed by atoms with Gasteiger partial charge in [-0.15, -0.1) is 11.3 Å². The van der Waals surface area contributed by atoms with Crippen LogP contribution >= 0.6 is 11.3 Å². The van der Waals surface area contributed by atoms with Gasteiger partial charge in [-0.25, -0.2) is 0 Å². The van der Waals surface area contributed by atoms with Crippen LogP contribution in [0.3, 0.4) is 0 Å². The molecule has 0 spiro atoms. The Morgan fingerprint density at radius 3 is 2.78 bits per heavy atom. The molecule has 0 bridgehead atoms. The highest BCUT2D eigenvalue weighted by molar-refractivity contribution is 7.10. The molecule has 2 aromatic rings. The molecule has 0 saturated carbocycles. The quantitative estimate of drug-likeness (QED) is 0.884. The third-order valence-corrected chi connectivity index (χ3v) is 3.83. The second kappa shape index (κ2) is 6.03. The van der Waals surface area contributed by atoms with Crippen LogP contribution in [-0.2, 0) is 0 Å². The molecule has 0 radical (unpaired) electrons. The lowest BCUT2D eigenvalue weighted by molar-refractivity contribution is 0.334. The van der Waals surface area contributed by atoms with Crippen LogP contribution in [0.4, 0.5) is 0 Å². The van der Waals surface area contributed by atoms with Crippen LogP contribution in [0.15, 0.2) is 35.7 Å². The molecule has 1 aromatic heterocycles. The predicted molar refractivity (Wildman–Crippen MR) is 77.6 cm³/mol. The first-order valence-electron chi connectivity index (χ1n) is 6.20. The SMILES string of the molecule is CCOc1ccc(C)cc1C(NC)c1cccs1. The molecule has 0 aliphatic heterocycles. The van der Waals surface area contributed by atoms with E-state index in [9.17, 15) is 0 Å². The van der Waals surface area contributed by atoms with E-state index < -0.39 is 0 Å². The number of nitrogens with one attached hydrogen (secondary N) is 1. The number of hydrogen-bond acceptors (Lipinski definition) is 3. The molecule has 1 N–H and O–H groups in total. The standard InChI is InChI=1S/C15H19NOS/c1-4-17-13-8-7-11(2)10-12(13)15(16-3)14-6-5-9-18-14/h5-10,15-16H,4H2,1-3H3. The van der Waals surface area contributed by atoms with Crippen molar-refractivity contribution in [1.82, 2.24) is 5.32 Å². The average molecular weight is 261 g/mol. The van der Waals surface area contributed by atoms with E-state index in [-0.39, 0.29) is 6.04 Å². The molecule has 18 heavy (non-hydrogen) atoms. The van der Waals surface area contributed by atoms with Crippen LogP contribution < -0.4 is 10.1 Å². The lowest BCUT2D eigenvalue weighted by atomic mass is 10.0. The van der Waals surface area contributed by atoms with Crippen molar-refractivity contribution in [3.8, 4) is 5.75 Å². The molecule has 1 unspecified atom stereocenters. The highest BCUT2D eigenvalue weighted by Gasteiger charge is 2.17. The van der Waals surface area contributed by atoms with Crippen molar-refractivity contribution in [3.05, 3.63) is 51.7 Å². The zero-order valence-electron chi connectivity index (χ0n) is 11.1. The first-order chi connectivity index (χ1) is 8.76. The van der Waals surface area contributed by atoms with Gasteiger partial charge in [0, 0.05) is 10.4 Å². The summed E-state index contributed by atoms with van der Waals surface area (Å²) in [5.74, 6) is 0.968.